The quantitative estimate of drug-likeness (QED) is 0.908. The minimum absolute atomic E-state index is 0. The maximum atomic E-state index is 12.9. The number of carbonyl (C=O) groups is 1. The van der Waals surface area contributed by atoms with Gasteiger partial charge in [-0.15, -0.1) is 24.2 Å². The smallest absolute Gasteiger partial charge is 0.240 e. The molecule has 0 saturated carbocycles. The maximum absolute atomic E-state index is 12.9. The van der Waals surface area contributed by atoms with Gasteiger partial charge in [-0.2, -0.15) is 0 Å². The van der Waals surface area contributed by atoms with Crippen LogP contribution < -0.4 is 5.73 Å². The predicted octanol–water partition coefficient (Wildman–Crippen LogP) is 2.63. The summed E-state index contributed by atoms with van der Waals surface area (Å²) < 4.78 is 0. The molecule has 116 valence electrons. The van der Waals surface area contributed by atoms with Crippen molar-refractivity contribution in [2.75, 3.05) is 18.8 Å². The number of fused-ring (bicyclic) bond motifs is 1. The number of likely N-dealkylation sites (tertiary alicyclic amines) is 1. The Labute approximate surface area is 137 Å². The number of carbonyl (C=O) groups excluding carboxylic acids is 1. The molecule has 3 unspecified atom stereocenters. The Morgan fingerprint density at radius 3 is 2.90 bits per heavy atom. The molecule has 1 saturated heterocycles. The van der Waals surface area contributed by atoms with Crippen LogP contribution in [-0.4, -0.2) is 35.7 Å². The average Bonchev–Trinajstić information content (AvgIpc) is 2.87. The zero-order valence-corrected chi connectivity index (χ0v) is 14.0. The number of nitrogens with two attached hydrogens (primary N) is 1. The molecule has 2 N–H and O–H groups in total. The van der Waals surface area contributed by atoms with E-state index in [0.717, 1.165) is 25.1 Å². The van der Waals surface area contributed by atoms with E-state index in [1.165, 1.54) is 11.1 Å². The van der Waals surface area contributed by atoms with Gasteiger partial charge in [-0.25, -0.2) is 0 Å². The van der Waals surface area contributed by atoms with Crippen LogP contribution in [0.25, 0.3) is 0 Å². The first-order valence-electron chi connectivity index (χ1n) is 7.40. The Balaban J connectivity index is 0.00000161. The van der Waals surface area contributed by atoms with Crippen molar-refractivity contribution in [2.24, 2.45) is 11.7 Å². The summed E-state index contributed by atoms with van der Waals surface area (Å²) in [6.07, 6.45) is 2.12. The highest BCUT2D eigenvalue weighted by Crippen LogP contribution is 2.39. The van der Waals surface area contributed by atoms with Gasteiger partial charge in [0, 0.05) is 12.6 Å². The molecule has 0 aromatic heterocycles. The van der Waals surface area contributed by atoms with Gasteiger partial charge < -0.3 is 10.6 Å². The summed E-state index contributed by atoms with van der Waals surface area (Å²) in [6.45, 7) is 3.66. The molecule has 0 spiro atoms. The van der Waals surface area contributed by atoms with E-state index >= 15 is 0 Å². The van der Waals surface area contributed by atoms with Crippen LogP contribution in [0.3, 0.4) is 0 Å². The van der Waals surface area contributed by atoms with Gasteiger partial charge in [0.05, 0.1) is 0 Å². The number of rotatable bonds is 2. The van der Waals surface area contributed by atoms with Gasteiger partial charge in [-0.05, 0) is 49.1 Å². The lowest BCUT2D eigenvalue weighted by Crippen LogP contribution is -2.38. The van der Waals surface area contributed by atoms with E-state index in [2.05, 4.69) is 30.0 Å². The van der Waals surface area contributed by atoms with E-state index in [4.69, 9.17) is 5.73 Å². The summed E-state index contributed by atoms with van der Waals surface area (Å²) in [6, 6.07) is 8.71. The summed E-state index contributed by atoms with van der Waals surface area (Å²) in [5, 5.41) is -0.0149. The maximum Gasteiger partial charge on any atom is 0.240 e. The van der Waals surface area contributed by atoms with Gasteiger partial charge in [0.25, 0.3) is 0 Å². The molecule has 21 heavy (non-hydrogen) atoms. The molecule has 1 amide bonds. The van der Waals surface area contributed by atoms with Crippen LogP contribution in [0, 0.1) is 5.92 Å². The first kappa shape index (κ1) is 16.7. The van der Waals surface area contributed by atoms with Crippen molar-refractivity contribution in [2.45, 2.75) is 31.1 Å². The van der Waals surface area contributed by atoms with Gasteiger partial charge in [0.2, 0.25) is 5.91 Å². The largest absolute Gasteiger partial charge is 0.338 e. The van der Waals surface area contributed by atoms with E-state index in [1.807, 2.05) is 6.07 Å². The van der Waals surface area contributed by atoms with E-state index < -0.39 is 0 Å². The lowest BCUT2D eigenvalue weighted by atomic mass is 10.0. The van der Waals surface area contributed by atoms with Gasteiger partial charge in [0.15, 0.2) is 0 Å². The predicted molar refractivity (Wildman–Crippen MR) is 90.9 cm³/mol. The first-order chi connectivity index (χ1) is 9.70. The lowest BCUT2D eigenvalue weighted by molar-refractivity contribution is -0.131. The minimum atomic E-state index is -0.0149. The van der Waals surface area contributed by atoms with Crippen molar-refractivity contribution in [3.8, 4) is 0 Å². The Bertz CT molecular complexity index is 511. The zero-order chi connectivity index (χ0) is 14.1. The highest BCUT2D eigenvalue weighted by atomic mass is 35.5. The van der Waals surface area contributed by atoms with Crippen LogP contribution in [0.5, 0.6) is 0 Å². The lowest BCUT2D eigenvalue weighted by Gasteiger charge is -2.30. The fourth-order valence-corrected chi connectivity index (χ4v) is 4.63. The second-order valence-corrected chi connectivity index (χ2v) is 7.09. The van der Waals surface area contributed by atoms with Crippen LogP contribution in [0.4, 0.5) is 0 Å². The van der Waals surface area contributed by atoms with Crippen LogP contribution >= 0.6 is 24.2 Å². The molecular weight excluding hydrogens is 304 g/mol. The Morgan fingerprint density at radius 2 is 2.19 bits per heavy atom. The van der Waals surface area contributed by atoms with E-state index in [1.54, 1.807) is 11.8 Å². The van der Waals surface area contributed by atoms with Gasteiger partial charge in [-0.3, -0.25) is 4.79 Å². The number of thioether (sulfide) groups is 1. The second-order valence-electron chi connectivity index (χ2n) is 5.88. The van der Waals surface area contributed by atoms with Gasteiger partial charge in [0.1, 0.15) is 5.25 Å². The van der Waals surface area contributed by atoms with E-state index in [9.17, 15) is 4.79 Å². The standard InChI is InChI=1S/C16H22N2OS.ClH/c1-11-8-12(9-17)10-18(11)16(19)15-14-5-3-2-4-13(14)6-7-20-15;/h2-5,11-12,15H,6-10,17H2,1H3;1H. The number of nitrogens with zero attached hydrogens (tertiary/aromatic N) is 1. The third-order valence-corrected chi connectivity index (χ3v) is 5.72. The number of hydrogen-bond donors (Lipinski definition) is 1. The SMILES string of the molecule is CC1CC(CN)CN1C(=O)C1SCCc2ccccc21.Cl. The van der Waals surface area contributed by atoms with Gasteiger partial charge in [-0.1, -0.05) is 24.3 Å². The summed E-state index contributed by atoms with van der Waals surface area (Å²) in [5.74, 6) is 1.79. The first-order valence-corrected chi connectivity index (χ1v) is 8.45. The van der Waals surface area contributed by atoms with Crippen molar-refractivity contribution in [3.05, 3.63) is 35.4 Å². The molecule has 1 fully saturated rings. The number of benzene rings is 1. The molecule has 1 aromatic carbocycles. The third kappa shape index (κ3) is 3.22. The molecule has 0 bridgehead atoms. The van der Waals surface area contributed by atoms with Crippen molar-refractivity contribution in [1.82, 2.24) is 4.90 Å². The molecule has 5 heteroatoms. The molecule has 3 nitrogen and oxygen atoms in total. The van der Waals surface area contributed by atoms with Crippen molar-refractivity contribution >= 4 is 30.1 Å². The highest BCUT2D eigenvalue weighted by Gasteiger charge is 2.37. The van der Waals surface area contributed by atoms with Crippen LogP contribution in [0.2, 0.25) is 0 Å². The molecule has 2 aliphatic rings. The van der Waals surface area contributed by atoms with Gasteiger partial charge >= 0.3 is 0 Å². The highest BCUT2D eigenvalue weighted by molar-refractivity contribution is 8.00. The summed E-state index contributed by atoms with van der Waals surface area (Å²) >= 11 is 1.79. The number of hydrogen-bond acceptors (Lipinski definition) is 3. The van der Waals surface area contributed by atoms with Crippen molar-refractivity contribution < 1.29 is 4.79 Å². The zero-order valence-electron chi connectivity index (χ0n) is 12.3. The Hall–Kier alpha value is -0.710. The monoisotopic (exact) mass is 326 g/mol. The molecule has 1 aromatic rings. The average molecular weight is 327 g/mol. The molecule has 0 aliphatic carbocycles. The molecule has 2 heterocycles. The fourth-order valence-electron chi connectivity index (χ4n) is 3.37. The van der Waals surface area contributed by atoms with Crippen LogP contribution in [0.15, 0.2) is 24.3 Å². The van der Waals surface area contributed by atoms with Crippen LogP contribution in [0.1, 0.15) is 29.7 Å². The van der Waals surface area contributed by atoms with E-state index in [-0.39, 0.29) is 23.6 Å². The topological polar surface area (TPSA) is 46.3 Å². The molecule has 0 radical (unpaired) electrons. The van der Waals surface area contributed by atoms with Crippen LogP contribution in [-0.2, 0) is 11.2 Å². The Morgan fingerprint density at radius 1 is 1.43 bits per heavy atom. The molecule has 3 atom stereocenters. The molecule has 3 rings (SSSR count). The summed E-state index contributed by atoms with van der Waals surface area (Å²) in [5.41, 5.74) is 8.33. The molecule has 2 aliphatic heterocycles. The number of amides is 1. The summed E-state index contributed by atoms with van der Waals surface area (Å²) in [7, 11) is 0. The van der Waals surface area contributed by atoms with Crippen molar-refractivity contribution in [1.29, 1.82) is 0 Å². The van der Waals surface area contributed by atoms with E-state index in [0.29, 0.717) is 18.5 Å². The minimum Gasteiger partial charge on any atom is -0.338 e. The molecular formula is C16H23ClN2OS. The second kappa shape index (κ2) is 7.03. The Kier molecular flexibility index (Phi) is 5.58. The number of aryl methyl sites for hydroxylation is 1. The number of halogens is 1. The fraction of sp³-hybridized carbons (Fsp3) is 0.562. The summed E-state index contributed by atoms with van der Waals surface area (Å²) in [4.78, 5) is 15.0. The third-order valence-electron chi connectivity index (χ3n) is 4.50. The van der Waals surface area contributed by atoms with Crippen molar-refractivity contribution in [3.63, 3.8) is 0 Å². The normalized spacial score (nSPS) is 27.9.